The Hall–Kier alpha value is -1.55. The van der Waals surface area contributed by atoms with Crippen LogP contribution in [0.25, 0.3) is 5.82 Å². The number of ketones is 1. The van der Waals surface area contributed by atoms with E-state index < -0.39 is 0 Å². The molecule has 0 aliphatic heterocycles. The molecule has 96 valence electrons. The van der Waals surface area contributed by atoms with Crippen LogP contribution in [-0.4, -0.2) is 21.4 Å². The number of carbonyl (C=O) groups is 1. The Bertz CT molecular complexity index is 584. The zero-order valence-electron chi connectivity index (χ0n) is 10.7. The summed E-state index contributed by atoms with van der Waals surface area (Å²) in [6.45, 7) is 5.77. The molecule has 0 atom stereocenters. The third kappa shape index (κ3) is 2.08. The third-order valence-corrected chi connectivity index (χ3v) is 3.19. The van der Waals surface area contributed by atoms with Crippen molar-refractivity contribution in [3.05, 3.63) is 34.8 Å². The highest BCUT2D eigenvalue weighted by molar-refractivity contribution is 6.30. The van der Waals surface area contributed by atoms with Gasteiger partial charge in [-0.3, -0.25) is 9.36 Å². The van der Waals surface area contributed by atoms with Crippen LogP contribution in [0.3, 0.4) is 0 Å². The summed E-state index contributed by atoms with van der Waals surface area (Å²) in [4.78, 5) is 11.8. The van der Waals surface area contributed by atoms with Crippen molar-refractivity contribution in [2.75, 3.05) is 5.88 Å². The van der Waals surface area contributed by atoms with Gasteiger partial charge in [-0.1, -0.05) is 12.1 Å². The quantitative estimate of drug-likeness (QED) is 0.631. The number of hydrogen-bond donors (Lipinski definition) is 0. The fraction of sp³-hybridized carbons (Fsp3) is 0.385. The average Bonchev–Trinajstić information content (AvgIpc) is 2.91. The van der Waals surface area contributed by atoms with Crippen LogP contribution in [0.15, 0.2) is 16.7 Å². The molecule has 2 aromatic heterocycles. The molecule has 0 aromatic carbocycles. The van der Waals surface area contributed by atoms with Crippen LogP contribution >= 0.6 is 11.6 Å². The normalized spacial score (nSPS) is 10.9. The Balaban J connectivity index is 2.59. The number of nitrogens with zero attached hydrogens (tertiary/aromatic N) is 2. The molecule has 2 heterocycles. The first kappa shape index (κ1) is 12.9. The number of carbonyl (C=O) groups excluding carboxylic acids is 1. The molecule has 18 heavy (non-hydrogen) atoms. The highest BCUT2D eigenvalue weighted by Crippen LogP contribution is 2.22. The summed E-state index contributed by atoms with van der Waals surface area (Å²) in [6, 6.07) is 3.73. The predicted molar refractivity (Wildman–Crippen MR) is 69.7 cm³/mol. The average molecular weight is 267 g/mol. The highest BCUT2D eigenvalue weighted by Gasteiger charge is 2.18. The molecular formula is C13H15ClN2O2. The summed E-state index contributed by atoms with van der Waals surface area (Å²) < 4.78 is 7.03. The molecule has 2 rings (SSSR count). The molecule has 0 bridgehead atoms. The van der Waals surface area contributed by atoms with Gasteiger partial charge in [-0.25, -0.2) is 0 Å². The number of aryl methyl sites for hydroxylation is 2. The Labute approximate surface area is 111 Å². The summed E-state index contributed by atoms with van der Waals surface area (Å²) in [7, 11) is 0. The minimum absolute atomic E-state index is 0.00808. The maximum atomic E-state index is 11.8. The molecule has 2 aromatic rings. The van der Waals surface area contributed by atoms with Crippen molar-refractivity contribution in [3.8, 4) is 5.82 Å². The smallest absolute Gasteiger partial charge is 0.180 e. The van der Waals surface area contributed by atoms with Gasteiger partial charge in [0, 0.05) is 23.0 Å². The predicted octanol–water partition coefficient (Wildman–Crippen LogP) is 3.07. The van der Waals surface area contributed by atoms with E-state index >= 15 is 0 Å². The van der Waals surface area contributed by atoms with Crippen molar-refractivity contribution in [3.63, 3.8) is 0 Å². The van der Waals surface area contributed by atoms with Crippen LogP contribution in [-0.2, 0) is 6.42 Å². The van der Waals surface area contributed by atoms with Crippen LogP contribution in [0.5, 0.6) is 0 Å². The van der Waals surface area contributed by atoms with E-state index in [2.05, 4.69) is 5.16 Å². The van der Waals surface area contributed by atoms with Crippen molar-refractivity contribution in [1.82, 2.24) is 9.72 Å². The second kappa shape index (κ2) is 4.98. The van der Waals surface area contributed by atoms with Crippen molar-refractivity contribution >= 4 is 17.4 Å². The molecule has 0 N–H and O–H groups in total. The van der Waals surface area contributed by atoms with E-state index in [-0.39, 0.29) is 11.7 Å². The van der Waals surface area contributed by atoms with Gasteiger partial charge in [-0.15, -0.1) is 11.6 Å². The van der Waals surface area contributed by atoms with Gasteiger partial charge < -0.3 is 4.52 Å². The molecule has 0 fully saturated rings. The summed E-state index contributed by atoms with van der Waals surface area (Å²) >= 11 is 5.62. The van der Waals surface area contributed by atoms with Gasteiger partial charge in [-0.2, -0.15) is 0 Å². The van der Waals surface area contributed by atoms with Gasteiger partial charge in [0.2, 0.25) is 0 Å². The molecule has 0 aliphatic rings. The largest absolute Gasteiger partial charge is 0.360 e. The number of rotatable bonds is 4. The maximum Gasteiger partial charge on any atom is 0.180 e. The molecule has 4 nitrogen and oxygen atoms in total. The lowest BCUT2D eigenvalue weighted by Crippen LogP contribution is -2.05. The van der Waals surface area contributed by atoms with E-state index in [4.69, 9.17) is 16.1 Å². The lowest BCUT2D eigenvalue weighted by atomic mass is 10.2. The van der Waals surface area contributed by atoms with Gasteiger partial charge in [0.05, 0.1) is 5.88 Å². The first-order chi connectivity index (χ1) is 8.58. The minimum Gasteiger partial charge on any atom is -0.360 e. The molecule has 0 saturated heterocycles. The Morgan fingerprint density at radius 2 is 2.17 bits per heavy atom. The summed E-state index contributed by atoms with van der Waals surface area (Å²) in [6.07, 6.45) is 0.808. The minimum atomic E-state index is -0.0668. The highest BCUT2D eigenvalue weighted by atomic mass is 35.5. The topological polar surface area (TPSA) is 48.0 Å². The number of hydrogen-bond acceptors (Lipinski definition) is 3. The Morgan fingerprint density at radius 3 is 2.67 bits per heavy atom. The molecule has 0 radical (unpaired) electrons. The zero-order chi connectivity index (χ0) is 13.3. The zero-order valence-corrected chi connectivity index (χ0v) is 11.4. The number of Topliss-reactive ketones (excluding diaryl/α,β-unsaturated/α-hetero) is 1. The second-order valence-corrected chi connectivity index (χ2v) is 4.44. The lowest BCUT2D eigenvalue weighted by molar-refractivity contribution is 0.102. The van der Waals surface area contributed by atoms with Gasteiger partial charge in [-0.05, 0) is 26.3 Å². The van der Waals surface area contributed by atoms with E-state index in [1.807, 2.05) is 37.5 Å². The molecule has 5 heteroatoms. The second-order valence-electron chi connectivity index (χ2n) is 4.18. The van der Waals surface area contributed by atoms with Crippen LogP contribution in [0.1, 0.15) is 34.4 Å². The van der Waals surface area contributed by atoms with E-state index in [0.717, 1.165) is 23.6 Å². The molecular weight excluding hydrogens is 252 g/mol. The van der Waals surface area contributed by atoms with Crippen molar-refractivity contribution in [1.29, 1.82) is 0 Å². The molecule has 0 aliphatic carbocycles. The maximum absolute atomic E-state index is 11.8. The Morgan fingerprint density at radius 1 is 1.44 bits per heavy atom. The molecule has 0 saturated carbocycles. The van der Waals surface area contributed by atoms with E-state index in [1.165, 1.54) is 0 Å². The summed E-state index contributed by atoms with van der Waals surface area (Å²) in [5, 5.41) is 4.00. The van der Waals surface area contributed by atoms with Crippen molar-refractivity contribution in [2.24, 2.45) is 0 Å². The molecule has 0 spiro atoms. The fourth-order valence-electron chi connectivity index (χ4n) is 2.06. The standard InChI is InChI=1S/C13H15ClN2O2/c1-4-10-6-11(12(17)7-14)9(3)16(10)13-5-8(2)18-15-13/h5-6H,4,7H2,1-3H3. The number of alkyl halides is 1. The van der Waals surface area contributed by atoms with Gasteiger partial charge >= 0.3 is 0 Å². The van der Waals surface area contributed by atoms with E-state index in [1.54, 1.807) is 0 Å². The third-order valence-electron chi connectivity index (χ3n) is 2.95. The van der Waals surface area contributed by atoms with Gasteiger partial charge in [0.15, 0.2) is 11.6 Å². The fourth-order valence-corrected chi connectivity index (χ4v) is 2.21. The molecule has 0 amide bonds. The van der Waals surface area contributed by atoms with Crippen LogP contribution in [0.4, 0.5) is 0 Å². The monoisotopic (exact) mass is 266 g/mol. The van der Waals surface area contributed by atoms with E-state index in [0.29, 0.717) is 11.4 Å². The summed E-state index contributed by atoms with van der Waals surface area (Å²) in [5.74, 6) is 1.37. The number of aromatic nitrogens is 2. The first-order valence-corrected chi connectivity index (χ1v) is 6.36. The van der Waals surface area contributed by atoms with E-state index in [9.17, 15) is 4.79 Å². The SMILES string of the molecule is CCc1cc(C(=O)CCl)c(C)n1-c1cc(C)on1. The summed E-state index contributed by atoms with van der Waals surface area (Å²) in [5.41, 5.74) is 2.53. The Kier molecular flexibility index (Phi) is 3.57. The van der Waals surface area contributed by atoms with Crippen molar-refractivity contribution in [2.45, 2.75) is 27.2 Å². The van der Waals surface area contributed by atoms with Crippen LogP contribution in [0, 0.1) is 13.8 Å². The molecule has 0 unspecified atom stereocenters. The van der Waals surface area contributed by atoms with Gasteiger partial charge in [0.25, 0.3) is 0 Å². The van der Waals surface area contributed by atoms with Crippen LogP contribution < -0.4 is 0 Å². The van der Waals surface area contributed by atoms with Gasteiger partial charge in [0.1, 0.15) is 5.76 Å². The number of halogens is 1. The first-order valence-electron chi connectivity index (χ1n) is 5.82. The van der Waals surface area contributed by atoms with Crippen molar-refractivity contribution < 1.29 is 9.32 Å². The lowest BCUT2D eigenvalue weighted by Gasteiger charge is -2.05. The van der Waals surface area contributed by atoms with Crippen LogP contribution in [0.2, 0.25) is 0 Å².